The van der Waals surface area contributed by atoms with Crippen LogP contribution >= 0.6 is 0 Å². The molecule has 0 saturated heterocycles. The third-order valence-electron chi connectivity index (χ3n) is 3.74. The monoisotopic (exact) mass is 308 g/mol. The predicted molar refractivity (Wildman–Crippen MR) is 91.4 cm³/mol. The average Bonchev–Trinajstić information content (AvgIpc) is 2.60. The van der Waals surface area contributed by atoms with Crippen LogP contribution in [0.3, 0.4) is 0 Å². The number of aliphatic hydroxyl groups is 2. The van der Waals surface area contributed by atoms with Crippen LogP contribution in [0.4, 0.5) is 0 Å². The number of unbranched alkanes of at least 4 members (excludes halogenated alkanes) is 11. The Morgan fingerprint density at radius 1 is 0.905 bits per heavy atom. The molecule has 0 saturated carbocycles. The lowest BCUT2D eigenvalue weighted by atomic mass is 10.0. The van der Waals surface area contributed by atoms with E-state index in [4.69, 9.17) is 9.68 Å². The van der Waals surface area contributed by atoms with E-state index in [0.717, 1.165) is 25.7 Å². The topological polar surface area (TPSA) is 66.5 Å². The summed E-state index contributed by atoms with van der Waals surface area (Å²) in [5.41, 5.74) is -0.538. The van der Waals surface area contributed by atoms with Gasteiger partial charge in [-0.2, -0.15) is 0 Å². The van der Waals surface area contributed by atoms with Gasteiger partial charge in [0.1, 0.15) is 2.82 Å². The molecule has 0 aromatic heterocycles. The lowest BCUT2D eigenvalue weighted by molar-refractivity contribution is 0.0990. The first kappa shape index (κ1) is 11.4. The summed E-state index contributed by atoms with van der Waals surface area (Å²) in [5.74, 6) is 0. The fourth-order valence-electron chi connectivity index (χ4n) is 2.38. The van der Waals surface area contributed by atoms with Gasteiger partial charge in [0.25, 0.3) is 0 Å². The maximum atomic E-state index is 10.2. The van der Waals surface area contributed by atoms with Gasteiger partial charge < -0.3 is 15.9 Å². The van der Waals surface area contributed by atoms with Gasteiger partial charge in [-0.3, -0.25) is 0 Å². The van der Waals surface area contributed by atoms with E-state index < -0.39 is 30.8 Å². The maximum Gasteiger partial charge on any atom is 0.119 e. The standard InChI is InChI=1S/C18H39NO2/c1-2-3-4-5-6-7-8-9-10-11-12-13-14-15-18(21)17(19)16-20/h17-18,20-21H,2-16,19H2,1H3/t17-,18+/m0/s1/i15D,16D2,17D,18D/hD2/t15?,17-,18+. The lowest BCUT2D eigenvalue weighted by Crippen LogP contribution is -2.37. The Morgan fingerprint density at radius 2 is 1.33 bits per heavy atom. The summed E-state index contributed by atoms with van der Waals surface area (Å²) < 4.78 is 52.3. The van der Waals surface area contributed by atoms with Crippen molar-refractivity contribution < 1.29 is 19.9 Å². The molecule has 0 spiro atoms. The Balaban J connectivity index is 4.10. The molecular weight excluding hydrogens is 262 g/mol. The van der Waals surface area contributed by atoms with Crippen LogP contribution in [0.5, 0.6) is 0 Å². The van der Waals surface area contributed by atoms with Gasteiger partial charge in [0, 0.05) is 1.37 Å². The summed E-state index contributed by atoms with van der Waals surface area (Å²) in [6.45, 7) is -1.30. The molecule has 0 aromatic carbocycles. The van der Waals surface area contributed by atoms with Gasteiger partial charge in [0.05, 0.1) is 24.1 Å². The number of rotatable bonds is 17. The van der Waals surface area contributed by atoms with Crippen LogP contribution in [-0.2, 0) is 0 Å². The van der Waals surface area contributed by atoms with E-state index in [2.05, 4.69) is 6.92 Å². The molecule has 0 aliphatic heterocycles. The fraction of sp³-hybridized carbons (Fsp3) is 1.00. The second kappa shape index (κ2) is 16.3. The molecule has 3 atom stereocenters. The first-order chi connectivity index (χ1) is 12.9. The van der Waals surface area contributed by atoms with Crippen molar-refractivity contribution in [1.29, 1.82) is 0 Å². The minimum atomic E-state index is -3.51. The summed E-state index contributed by atoms with van der Waals surface area (Å²) in [4.78, 5) is 0. The zero-order valence-corrected chi connectivity index (χ0v) is 13.6. The van der Waals surface area contributed by atoms with Crippen molar-refractivity contribution in [2.75, 3.05) is 6.56 Å². The first-order valence-corrected chi connectivity index (χ1v) is 8.57. The molecule has 21 heavy (non-hydrogen) atoms. The Morgan fingerprint density at radius 3 is 1.71 bits per heavy atom. The van der Waals surface area contributed by atoms with Gasteiger partial charge >= 0.3 is 0 Å². The van der Waals surface area contributed by atoms with Crippen molar-refractivity contribution >= 4 is 0 Å². The van der Waals surface area contributed by atoms with Crippen molar-refractivity contribution in [2.45, 2.75) is 109 Å². The van der Waals surface area contributed by atoms with Gasteiger partial charge in [-0.25, -0.2) is 0 Å². The largest absolute Gasteiger partial charge is 0.395 e. The highest BCUT2D eigenvalue weighted by Gasteiger charge is 2.12. The minimum absolute atomic E-state index is 0.0297. The SMILES string of the molecule is [2H]C(CCCCCCCCCCCCCC)[C@@]([2H])(O)[C@@]([2H])(N([2H])[2H])C([2H])([2H])O. The quantitative estimate of drug-likeness (QED) is 0.354. The number of hydrogen-bond acceptors (Lipinski definition) is 3. The second-order valence-electron chi connectivity index (χ2n) is 5.73. The Labute approximate surface area is 142 Å². The van der Waals surface area contributed by atoms with E-state index >= 15 is 0 Å². The highest BCUT2D eigenvalue weighted by molar-refractivity contribution is 4.70. The third-order valence-corrected chi connectivity index (χ3v) is 3.74. The van der Waals surface area contributed by atoms with Crippen LogP contribution in [0.25, 0.3) is 0 Å². The Hall–Kier alpha value is -0.120. The van der Waals surface area contributed by atoms with Crippen LogP contribution in [-0.4, -0.2) is 28.9 Å². The van der Waals surface area contributed by atoms with Crippen molar-refractivity contribution in [3.05, 3.63) is 0 Å². The van der Waals surface area contributed by atoms with E-state index in [1.165, 1.54) is 44.9 Å². The maximum absolute atomic E-state index is 10.2. The van der Waals surface area contributed by atoms with Gasteiger partial charge in [-0.15, -0.1) is 0 Å². The van der Waals surface area contributed by atoms with E-state index in [1.807, 2.05) is 0 Å². The second-order valence-corrected chi connectivity index (χ2v) is 5.73. The number of nitrogens with two attached hydrogens (primary N) is 1. The molecule has 0 aliphatic carbocycles. The van der Waals surface area contributed by atoms with Crippen molar-refractivity contribution in [1.82, 2.24) is 0 Å². The van der Waals surface area contributed by atoms with E-state index in [-0.39, 0.29) is 6.42 Å². The molecule has 0 bridgehead atoms. The lowest BCUT2D eigenvalue weighted by Gasteiger charge is -2.15. The molecule has 0 amide bonds. The summed E-state index contributed by atoms with van der Waals surface area (Å²) in [6, 6.07) is -3.32. The zero-order chi connectivity index (χ0) is 21.8. The molecule has 0 heterocycles. The van der Waals surface area contributed by atoms with Gasteiger partial charge in [-0.05, 0) is 6.40 Å². The van der Waals surface area contributed by atoms with E-state index in [0.29, 0.717) is 6.42 Å². The van der Waals surface area contributed by atoms with Gasteiger partial charge in [-0.1, -0.05) is 90.4 Å². The van der Waals surface area contributed by atoms with Crippen LogP contribution in [0.2, 0.25) is 2.82 Å². The molecule has 3 heteroatoms. The minimum Gasteiger partial charge on any atom is -0.395 e. The van der Waals surface area contributed by atoms with Crippen molar-refractivity contribution in [3.8, 4) is 0 Å². The normalized spacial score (nSPS) is 24.5. The van der Waals surface area contributed by atoms with Crippen LogP contribution in [0.15, 0.2) is 0 Å². The average molecular weight is 309 g/mol. The van der Waals surface area contributed by atoms with E-state index in [1.54, 1.807) is 0 Å². The predicted octanol–water partition coefficient (Wildman–Crippen LogP) is 4.15. The number of hydrogen-bond donors (Lipinski definition) is 3. The van der Waals surface area contributed by atoms with Crippen molar-refractivity contribution in [3.63, 3.8) is 0 Å². The highest BCUT2D eigenvalue weighted by atomic mass is 16.3. The first-order valence-electron chi connectivity index (χ1n) is 12.0. The summed E-state index contributed by atoms with van der Waals surface area (Å²) >= 11 is 0. The molecule has 4 N–H and O–H groups in total. The van der Waals surface area contributed by atoms with Crippen LogP contribution in [0.1, 0.15) is 104 Å². The molecule has 0 aromatic rings. The van der Waals surface area contributed by atoms with E-state index in [9.17, 15) is 10.2 Å². The van der Waals surface area contributed by atoms with Crippen LogP contribution in [0, 0.1) is 0 Å². The smallest absolute Gasteiger partial charge is 0.119 e. The zero-order valence-electron chi connectivity index (χ0n) is 20.6. The molecule has 1 unspecified atom stereocenters. The Bertz CT molecular complexity index is 408. The Kier molecular flexibility index (Phi) is 8.84. The molecular formula is C18H39NO2. The summed E-state index contributed by atoms with van der Waals surface area (Å²) in [6.07, 6.45) is 8.78. The molecule has 128 valence electrons. The van der Waals surface area contributed by atoms with Crippen LogP contribution < -0.4 is 5.72 Å². The van der Waals surface area contributed by atoms with Crippen molar-refractivity contribution in [2.24, 2.45) is 5.72 Å². The fourth-order valence-corrected chi connectivity index (χ4v) is 2.38. The molecule has 3 nitrogen and oxygen atoms in total. The molecule has 0 fully saturated rings. The third kappa shape index (κ3) is 14.6. The van der Waals surface area contributed by atoms with Gasteiger partial charge in [0.15, 0.2) is 0 Å². The highest BCUT2D eigenvalue weighted by Crippen LogP contribution is 2.13. The molecule has 0 aliphatic rings. The molecule has 0 radical (unpaired) electrons. The molecule has 0 rings (SSSR count). The summed E-state index contributed by atoms with van der Waals surface area (Å²) in [5, 5.41) is 19.7. The summed E-state index contributed by atoms with van der Waals surface area (Å²) in [7, 11) is 0. The van der Waals surface area contributed by atoms with Gasteiger partial charge in [0.2, 0.25) is 0 Å².